The zero-order valence-corrected chi connectivity index (χ0v) is 17.0. The molecular weight excluding hydrogens is 344 g/mol. The van der Waals surface area contributed by atoms with Crippen LogP contribution in [0.1, 0.15) is 39.5 Å². The van der Waals surface area contributed by atoms with E-state index in [4.69, 9.17) is 18.9 Å². The fraction of sp³-hybridized carbons (Fsp3) is 1.00. The molecular formula is C18H34O4S2. The van der Waals surface area contributed by atoms with Crippen LogP contribution in [0.5, 0.6) is 0 Å². The van der Waals surface area contributed by atoms with E-state index in [9.17, 15) is 0 Å². The average Bonchev–Trinajstić information content (AvgIpc) is 2.52. The SMILES string of the molecule is CCC1(COCCSCCSCCOCC2(CC)CCO2)CCO1. The van der Waals surface area contributed by atoms with Crippen LogP contribution >= 0.6 is 23.5 Å². The van der Waals surface area contributed by atoms with E-state index < -0.39 is 0 Å². The molecule has 24 heavy (non-hydrogen) atoms. The molecule has 2 saturated heterocycles. The van der Waals surface area contributed by atoms with Crippen molar-refractivity contribution < 1.29 is 18.9 Å². The van der Waals surface area contributed by atoms with Crippen LogP contribution in [-0.4, -0.2) is 73.9 Å². The molecule has 0 spiro atoms. The van der Waals surface area contributed by atoms with Crippen LogP contribution in [0.15, 0.2) is 0 Å². The summed E-state index contributed by atoms with van der Waals surface area (Å²) >= 11 is 3.95. The standard InChI is InChI=1S/C18H34O4S2/c1-3-17(5-7-21-17)15-19-9-11-23-13-14-24-12-10-20-16-18(4-2)6-8-22-18/h3-16H2,1-2H3. The number of rotatable bonds is 15. The maximum atomic E-state index is 5.77. The second-order valence-corrected chi connectivity index (χ2v) is 9.05. The zero-order valence-electron chi connectivity index (χ0n) is 15.3. The van der Waals surface area contributed by atoms with Crippen LogP contribution in [0.2, 0.25) is 0 Å². The fourth-order valence-electron chi connectivity index (χ4n) is 2.84. The molecule has 0 aromatic carbocycles. The summed E-state index contributed by atoms with van der Waals surface area (Å²) in [4.78, 5) is 0. The van der Waals surface area contributed by atoms with E-state index in [1.54, 1.807) is 0 Å². The second-order valence-electron chi connectivity index (χ2n) is 6.60. The first-order chi connectivity index (χ1) is 11.7. The molecule has 0 aromatic rings. The Morgan fingerprint density at radius 3 is 1.46 bits per heavy atom. The van der Waals surface area contributed by atoms with Gasteiger partial charge in [-0.15, -0.1) is 0 Å². The molecule has 0 N–H and O–H groups in total. The molecule has 0 aromatic heterocycles. The van der Waals surface area contributed by atoms with Crippen molar-refractivity contribution in [3.8, 4) is 0 Å². The van der Waals surface area contributed by atoms with Crippen molar-refractivity contribution in [1.82, 2.24) is 0 Å². The highest BCUT2D eigenvalue weighted by Gasteiger charge is 2.37. The zero-order chi connectivity index (χ0) is 17.1. The first-order valence-electron chi connectivity index (χ1n) is 9.33. The number of hydrogen-bond donors (Lipinski definition) is 0. The predicted octanol–water partition coefficient (Wildman–Crippen LogP) is 3.62. The van der Waals surface area contributed by atoms with Crippen molar-refractivity contribution in [1.29, 1.82) is 0 Å². The first-order valence-corrected chi connectivity index (χ1v) is 11.6. The van der Waals surface area contributed by atoms with Gasteiger partial charge < -0.3 is 18.9 Å². The third kappa shape index (κ3) is 6.69. The van der Waals surface area contributed by atoms with Crippen molar-refractivity contribution in [3.05, 3.63) is 0 Å². The Kier molecular flexibility index (Phi) is 9.81. The van der Waals surface area contributed by atoms with E-state index in [1.807, 2.05) is 23.5 Å². The molecule has 0 radical (unpaired) electrons. The van der Waals surface area contributed by atoms with Gasteiger partial charge in [-0.3, -0.25) is 0 Å². The maximum Gasteiger partial charge on any atom is 0.0934 e. The van der Waals surface area contributed by atoms with Crippen LogP contribution in [0.4, 0.5) is 0 Å². The molecule has 0 saturated carbocycles. The smallest absolute Gasteiger partial charge is 0.0934 e. The minimum atomic E-state index is 0.0431. The lowest BCUT2D eigenvalue weighted by molar-refractivity contribution is -0.181. The van der Waals surface area contributed by atoms with E-state index >= 15 is 0 Å². The van der Waals surface area contributed by atoms with Gasteiger partial charge >= 0.3 is 0 Å². The molecule has 2 atom stereocenters. The van der Waals surface area contributed by atoms with Gasteiger partial charge in [-0.25, -0.2) is 0 Å². The Balaban J connectivity index is 1.30. The molecule has 2 heterocycles. The Morgan fingerprint density at radius 2 is 1.17 bits per heavy atom. The topological polar surface area (TPSA) is 36.9 Å². The summed E-state index contributed by atoms with van der Waals surface area (Å²) < 4.78 is 22.8. The van der Waals surface area contributed by atoms with E-state index in [0.717, 1.165) is 76.8 Å². The normalized spacial score (nSPS) is 29.2. The van der Waals surface area contributed by atoms with Gasteiger partial charge in [-0.2, -0.15) is 23.5 Å². The van der Waals surface area contributed by atoms with Gasteiger partial charge in [-0.1, -0.05) is 13.8 Å². The van der Waals surface area contributed by atoms with Crippen molar-refractivity contribution in [2.24, 2.45) is 0 Å². The summed E-state index contributed by atoms with van der Waals surface area (Å²) in [7, 11) is 0. The lowest BCUT2D eigenvalue weighted by atomic mass is 9.93. The lowest BCUT2D eigenvalue weighted by Crippen LogP contribution is -2.47. The first kappa shape index (κ1) is 20.8. The number of thioether (sulfide) groups is 2. The third-order valence-corrected chi connectivity index (χ3v) is 7.22. The van der Waals surface area contributed by atoms with Crippen molar-refractivity contribution in [3.63, 3.8) is 0 Å². The van der Waals surface area contributed by atoms with Gasteiger partial charge in [0.2, 0.25) is 0 Å². The van der Waals surface area contributed by atoms with Gasteiger partial charge in [-0.05, 0) is 12.8 Å². The molecule has 2 aliphatic heterocycles. The summed E-state index contributed by atoms with van der Waals surface area (Å²) in [5.41, 5.74) is 0.0861. The molecule has 6 heteroatoms. The van der Waals surface area contributed by atoms with Gasteiger partial charge in [0, 0.05) is 35.9 Å². The summed E-state index contributed by atoms with van der Waals surface area (Å²) in [6.45, 7) is 9.36. The fourth-order valence-corrected chi connectivity index (χ4v) is 4.67. The highest BCUT2D eigenvalue weighted by molar-refractivity contribution is 8.02. The van der Waals surface area contributed by atoms with E-state index in [-0.39, 0.29) is 11.2 Å². The van der Waals surface area contributed by atoms with E-state index in [0.29, 0.717) is 0 Å². The summed E-state index contributed by atoms with van der Waals surface area (Å²) in [5, 5.41) is 0. The molecule has 0 bridgehead atoms. The highest BCUT2D eigenvalue weighted by atomic mass is 32.2. The van der Waals surface area contributed by atoms with Crippen LogP contribution in [0.25, 0.3) is 0 Å². The van der Waals surface area contributed by atoms with Gasteiger partial charge in [0.15, 0.2) is 0 Å². The second kappa shape index (κ2) is 11.3. The van der Waals surface area contributed by atoms with Gasteiger partial charge in [0.1, 0.15) is 0 Å². The van der Waals surface area contributed by atoms with Gasteiger partial charge in [0.25, 0.3) is 0 Å². The van der Waals surface area contributed by atoms with Crippen molar-refractivity contribution >= 4 is 23.5 Å². The molecule has 142 valence electrons. The largest absolute Gasteiger partial charge is 0.378 e. The van der Waals surface area contributed by atoms with Crippen LogP contribution in [0.3, 0.4) is 0 Å². The Labute approximate surface area is 156 Å². The van der Waals surface area contributed by atoms with Crippen LogP contribution < -0.4 is 0 Å². The Morgan fingerprint density at radius 1 is 0.750 bits per heavy atom. The van der Waals surface area contributed by atoms with E-state index in [2.05, 4.69) is 13.8 Å². The lowest BCUT2D eigenvalue weighted by Gasteiger charge is -2.40. The van der Waals surface area contributed by atoms with Crippen molar-refractivity contribution in [2.75, 3.05) is 62.7 Å². The quantitative estimate of drug-likeness (QED) is 0.405. The number of hydrogen-bond acceptors (Lipinski definition) is 6. The predicted molar refractivity (Wildman–Crippen MR) is 103 cm³/mol. The molecule has 2 fully saturated rings. The van der Waals surface area contributed by atoms with Crippen LogP contribution in [0, 0.1) is 0 Å². The molecule has 0 amide bonds. The Bertz CT molecular complexity index is 290. The highest BCUT2D eigenvalue weighted by Crippen LogP contribution is 2.30. The Hall–Kier alpha value is 0.540. The van der Waals surface area contributed by atoms with Crippen molar-refractivity contribution in [2.45, 2.75) is 50.7 Å². The molecule has 2 unspecified atom stereocenters. The molecule has 2 aliphatic rings. The molecule has 2 rings (SSSR count). The summed E-state index contributed by atoms with van der Waals surface area (Å²) in [6, 6.07) is 0. The summed E-state index contributed by atoms with van der Waals surface area (Å²) in [6.07, 6.45) is 4.43. The molecule has 0 aliphatic carbocycles. The average molecular weight is 379 g/mol. The van der Waals surface area contributed by atoms with E-state index in [1.165, 1.54) is 11.5 Å². The van der Waals surface area contributed by atoms with Gasteiger partial charge in [0.05, 0.1) is 50.8 Å². The minimum Gasteiger partial charge on any atom is -0.378 e. The van der Waals surface area contributed by atoms with Crippen LogP contribution in [-0.2, 0) is 18.9 Å². The monoisotopic (exact) mass is 378 g/mol. The molecule has 4 nitrogen and oxygen atoms in total. The third-order valence-electron chi connectivity index (χ3n) is 5.07. The minimum absolute atomic E-state index is 0.0431. The maximum absolute atomic E-state index is 5.77. The number of ether oxygens (including phenoxy) is 4. The summed E-state index contributed by atoms with van der Waals surface area (Å²) in [5.74, 6) is 4.53.